The first-order valence-electron chi connectivity index (χ1n) is 6.85. The second-order valence-electron chi connectivity index (χ2n) is 5.39. The van der Waals surface area contributed by atoms with E-state index in [4.69, 9.17) is 4.74 Å². The lowest BCUT2D eigenvalue weighted by Crippen LogP contribution is -2.22. The Hall–Kier alpha value is -1.91. The SMILES string of the molecule is Cc1nnc(OCC2CC=CCC2C)c(C(=O)O)c1C. The van der Waals surface area contributed by atoms with Crippen LogP contribution in [0.1, 0.15) is 41.4 Å². The van der Waals surface area contributed by atoms with Crippen molar-refractivity contribution in [3.8, 4) is 5.88 Å². The summed E-state index contributed by atoms with van der Waals surface area (Å²) in [5, 5.41) is 17.2. The smallest absolute Gasteiger partial charge is 0.341 e. The maximum absolute atomic E-state index is 11.4. The van der Waals surface area contributed by atoms with Gasteiger partial charge in [-0.15, -0.1) is 5.10 Å². The van der Waals surface area contributed by atoms with Gasteiger partial charge in [0.1, 0.15) is 5.56 Å². The van der Waals surface area contributed by atoms with Crippen LogP contribution in [0.4, 0.5) is 0 Å². The molecule has 5 nitrogen and oxygen atoms in total. The number of nitrogens with zero attached hydrogens (tertiary/aromatic N) is 2. The maximum atomic E-state index is 11.4. The van der Waals surface area contributed by atoms with Crippen LogP contribution >= 0.6 is 0 Å². The fraction of sp³-hybridized carbons (Fsp3) is 0.533. The van der Waals surface area contributed by atoms with Crippen LogP contribution in [0.2, 0.25) is 0 Å². The van der Waals surface area contributed by atoms with Crippen molar-refractivity contribution in [3.63, 3.8) is 0 Å². The lowest BCUT2D eigenvalue weighted by Gasteiger charge is -2.25. The van der Waals surface area contributed by atoms with Crippen LogP contribution in [0, 0.1) is 25.7 Å². The van der Waals surface area contributed by atoms with Gasteiger partial charge in [0.15, 0.2) is 0 Å². The minimum atomic E-state index is -1.02. The largest absolute Gasteiger partial charge is 0.477 e. The van der Waals surface area contributed by atoms with E-state index in [-0.39, 0.29) is 11.4 Å². The molecule has 1 N–H and O–H groups in total. The Bertz CT molecular complexity index is 540. The highest BCUT2D eigenvalue weighted by Gasteiger charge is 2.23. The molecule has 0 bridgehead atoms. The van der Waals surface area contributed by atoms with Crippen molar-refractivity contribution < 1.29 is 14.6 Å². The monoisotopic (exact) mass is 276 g/mol. The van der Waals surface area contributed by atoms with Gasteiger partial charge in [0.2, 0.25) is 5.88 Å². The molecule has 0 saturated carbocycles. The second kappa shape index (κ2) is 6.03. The summed E-state index contributed by atoms with van der Waals surface area (Å²) in [6, 6.07) is 0. The highest BCUT2D eigenvalue weighted by atomic mass is 16.5. The van der Waals surface area contributed by atoms with E-state index < -0.39 is 5.97 Å². The molecule has 0 amide bonds. The average molecular weight is 276 g/mol. The average Bonchev–Trinajstić information content (AvgIpc) is 2.41. The number of aromatic nitrogens is 2. The molecule has 2 unspecified atom stereocenters. The van der Waals surface area contributed by atoms with Gasteiger partial charge < -0.3 is 9.84 Å². The number of carbonyl (C=O) groups is 1. The molecule has 1 aliphatic rings. The molecule has 2 rings (SSSR count). The fourth-order valence-corrected chi connectivity index (χ4v) is 2.36. The standard InChI is InChI=1S/C15H20N2O3/c1-9-6-4-5-7-12(9)8-20-14-13(15(18)19)10(2)11(3)16-17-14/h4-5,9,12H,6-8H2,1-3H3,(H,18,19). The number of aromatic carboxylic acids is 1. The molecule has 1 heterocycles. The molecule has 0 aromatic carbocycles. The number of rotatable bonds is 4. The summed E-state index contributed by atoms with van der Waals surface area (Å²) in [6.07, 6.45) is 6.33. The van der Waals surface area contributed by atoms with E-state index in [9.17, 15) is 9.90 Å². The third-order valence-corrected chi connectivity index (χ3v) is 3.99. The summed E-state index contributed by atoms with van der Waals surface area (Å²) in [5.41, 5.74) is 1.35. The maximum Gasteiger partial charge on any atom is 0.341 e. The molecule has 0 aliphatic heterocycles. The van der Waals surface area contributed by atoms with Gasteiger partial charge >= 0.3 is 5.97 Å². The number of hydrogen-bond donors (Lipinski definition) is 1. The van der Waals surface area contributed by atoms with E-state index in [0.29, 0.717) is 29.7 Å². The van der Waals surface area contributed by atoms with Gasteiger partial charge in [0.25, 0.3) is 0 Å². The number of carboxylic acids is 1. The zero-order valence-corrected chi connectivity index (χ0v) is 12.1. The van der Waals surface area contributed by atoms with Gasteiger partial charge in [-0.3, -0.25) is 0 Å². The van der Waals surface area contributed by atoms with Gasteiger partial charge in [0.05, 0.1) is 12.3 Å². The van der Waals surface area contributed by atoms with E-state index in [2.05, 4.69) is 29.3 Å². The summed E-state index contributed by atoms with van der Waals surface area (Å²) in [4.78, 5) is 11.4. The van der Waals surface area contributed by atoms with Crippen molar-refractivity contribution in [2.45, 2.75) is 33.6 Å². The first-order valence-corrected chi connectivity index (χ1v) is 6.85. The molecule has 2 atom stereocenters. The summed E-state index contributed by atoms with van der Waals surface area (Å²) in [7, 11) is 0. The number of ether oxygens (including phenoxy) is 1. The Balaban J connectivity index is 2.15. The molecule has 0 spiro atoms. The molecule has 1 aromatic rings. The Morgan fingerprint density at radius 2 is 2.05 bits per heavy atom. The summed E-state index contributed by atoms with van der Waals surface area (Å²) < 4.78 is 5.66. The predicted octanol–water partition coefficient (Wildman–Crippen LogP) is 2.77. The summed E-state index contributed by atoms with van der Waals surface area (Å²) in [6.45, 7) is 6.13. The first-order chi connectivity index (χ1) is 9.50. The zero-order valence-electron chi connectivity index (χ0n) is 12.1. The lowest BCUT2D eigenvalue weighted by atomic mass is 9.85. The highest BCUT2D eigenvalue weighted by Crippen LogP contribution is 2.27. The van der Waals surface area contributed by atoms with Crippen LogP contribution in [-0.4, -0.2) is 27.9 Å². The molecule has 5 heteroatoms. The first kappa shape index (κ1) is 14.5. The van der Waals surface area contributed by atoms with Crippen LogP contribution in [0.25, 0.3) is 0 Å². The lowest BCUT2D eigenvalue weighted by molar-refractivity contribution is 0.0687. The van der Waals surface area contributed by atoms with Gasteiger partial charge in [-0.1, -0.05) is 19.1 Å². The molecular weight excluding hydrogens is 256 g/mol. The normalized spacial score (nSPS) is 21.8. The topological polar surface area (TPSA) is 72.3 Å². The van der Waals surface area contributed by atoms with E-state index in [1.807, 2.05) is 0 Å². The number of hydrogen-bond acceptors (Lipinski definition) is 4. The molecule has 0 fully saturated rings. The Labute approximate surface area is 118 Å². The van der Waals surface area contributed by atoms with Crippen molar-refractivity contribution >= 4 is 5.97 Å². The van der Waals surface area contributed by atoms with Gasteiger partial charge in [-0.25, -0.2) is 4.79 Å². The van der Waals surface area contributed by atoms with Crippen LogP contribution in [0.3, 0.4) is 0 Å². The Kier molecular flexibility index (Phi) is 4.37. The molecule has 1 aromatic heterocycles. The van der Waals surface area contributed by atoms with Gasteiger partial charge in [-0.2, -0.15) is 5.10 Å². The van der Waals surface area contributed by atoms with Crippen molar-refractivity contribution in [2.24, 2.45) is 11.8 Å². The molecule has 0 radical (unpaired) electrons. The molecule has 1 aliphatic carbocycles. The van der Waals surface area contributed by atoms with E-state index >= 15 is 0 Å². The van der Waals surface area contributed by atoms with Crippen LogP contribution in [0.15, 0.2) is 12.2 Å². The van der Waals surface area contributed by atoms with Gasteiger partial charge in [0, 0.05) is 0 Å². The Morgan fingerprint density at radius 3 is 2.70 bits per heavy atom. The fourth-order valence-electron chi connectivity index (χ4n) is 2.36. The minimum Gasteiger partial charge on any atom is -0.477 e. The van der Waals surface area contributed by atoms with Crippen molar-refractivity contribution in [1.82, 2.24) is 10.2 Å². The van der Waals surface area contributed by atoms with Crippen molar-refractivity contribution in [2.75, 3.05) is 6.61 Å². The quantitative estimate of drug-likeness (QED) is 0.856. The summed E-state index contributed by atoms with van der Waals surface area (Å²) >= 11 is 0. The number of allylic oxidation sites excluding steroid dienone is 2. The number of carboxylic acid groups (broad SMARTS) is 1. The summed E-state index contributed by atoms with van der Waals surface area (Å²) in [5.74, 6) is 0.0345. The second-order valence-corrected chi connectivity index (χ2v) is 5.39. The number of aryl methyl sites for hydroxylation is 1. The van der Waals surface area contributed by atoms with Crippen LogP contribution in [0.5, 0.6) is 5.88 Å². The van der Waals surface area contributed by atoms with Crippen molar-refractivity contribution in [1.29, 1.82) is 0 Å². The van der Waals surface area contributed by atoms with E-state index in [0.717, 1.165) is 12.8 Å². The zero-order chi connectivity index (χ0) is 14.7. The minimum absolute atomic E-state index is 0.122. The van der Waals surface area contributed by atoms with E-state index in [1.54, 1.807) is 13.8 Å². The van der Waals surface area contributed by atoms with Crippen LogP contribution in [-0.2, 0) is 0 Å². The third-order valence-electron chi connectivity index (χ3n) is 3.99. The van der Waals surface area contributed by atoms with Crippen LogP contribution < -0.4 is 4.74 Å². The molecule has 108 valence electrons. The van der Waals surface area contributed by atoms with Gasteiger partial charge in [-0.05, 0) is 44.1 Å². The highest BCUT2D eigenvalue weighted by molar-refractivity contribution is 5.91. The predicted molar refractivity (Wildman–Crippen MR) is 75.0 cm³/mol. The van der Waals surface area contributed by atoms with E-state index in [1.165, 1.54) is 0 Å². The molecule has 0 saturated heterocycles. The third kappa shape index (κ3) is 2.98. The Morgan fingerprint density at radius 1 is 1.35 bits per heavy atom. The molecular formula is C15H20N2O3. The van der Waals surface area contributed by atoms with Crippen molar-refractivity contribution in [3.05, 3.63) is 29.0 Å². The molecule has 20 heavy (non-hydrogen) atoms.